The largest absolute Gasteiger partial charge is 0.334 e. The van der Waals surface area contributed by atoms with Crippen LogP contribution in [0.25, 0.3) is 0 Å². The van der Waals surface area contributed by atoms with Gasteiger partial charge in [-0.1, -0.05) is 0 Å². The summed E-state index contributed by atoms with van der Waals surface area (Å²) in [4.78, 5) is 4.14. The van der Waals surface area contributed by atoms with E-state index in [0.29, 0.717) is 0 Å². The van der Waals surface area contributed by atoms with Crippen LogP contribution in [0, 0.1) is 10.6 Å². The van der Waals surface area contributed by atoms with Gasteiger partial charge in [0.2, 0.25) is 0 Å². The average Bonchev–Trinajstić information content (AvgIpc) is 2.15. The number of nitrogens with zero attached hydrogens (tertiary/aromatic N) is 2. The molecule has 0 aromatic carbocycles. The van der Waals surface area contributed by atoms with E-state index in [4.69, 9.17) is 0 Å². The molecule has 0 fully saturated rings. The highest BCUT2D eigenvalue weighted by Gasteiger charge is 1.98. The average molecular weight is 236 g/mol. The second-order valence-corrected chi connectivity index (χ2v) is 2.93. The van der Waals surface area contributed by atoms with Crippen LogP contribution in [0.5, 0.6) is 0 Å². The normalized spacial score (nSPS) is 10.1. The molecule has 0 amide bonds. The van der Waals surface area contributed by atoms with Gasteiger partial charge >= 0.3 is 0 Å². The van der Waals surface area contributed by atoms with Gasteiger partial charge in [-0.3, -0.25) is 0 Å². The molecule has 0 saturated heterocycles. The molecular formula is C6H9IN2. The van der Waals surface area contributed by atoms with E-state index in [-0.39, 0.29) is 0 Å². The summed E-state index contributed by atoms with van der Waals surface area (Å²) in [5.74, 6) is 0. The fourth-order valence-electron chi connectivity index (χ4n) is 0.738. The van der Waals surface area contributed by atoms with E-state index in [1.807, 2.05) is 6.33 Å². The molecular weight excluding hydrogens is 227 g/mol. The lowest BCUT2D eigenvalue weighted by Crippen LogP contribution is -1.93. The molecule has 2 nitrogen and oxygen atoms in total. The Morgan fingerprint density at radius 1 is 1.78 bits per heavy atom. The van der Waals surface area contributed by atoms with Crippen LogP contribution >= 0.6 is 22.6 Å². The number of hydrogen-bond donors (Lipinski definition) is 0. The minimum absolute atomic E-state index is 1.02. The Bertz CT molecular complexity index is 205. The van der Waals surface area contributed by atoms with Crippen LogP contribution in [-0.2, 0) is 6.54 Å². The predicted molar refractivity (Wildman–Crippen MR) is 45.4 cm³/mol. The Labute approximate surface area is 68.4 Å². The maximum Gasteiger partial charge on any atom is 0.122 e. The minimum Gasteiger partial charge on any atom is -0.334 e. The van der Waals surface area contributed by atoms with Crippen molar-refractivity contribution in [1.82, 2.24) is 9.55 Å². The number of aromatic nitrogens is 2. The molecule has 3 heteroatoms. The van der Waals surface area contributed by atoms with E-state index in [2.05, 4.69) is 46.0 Å². The van der Waals surface area contributed by atoms with Crippen LogP contribution in [0.2, 0.25) is 0 Å². The lowest BCUT2D eigenvalue weighted by Gasteiger charge is -1.96. The topological polar surface area (TPSA) is 17.8 Å². The molecule has 1 aromatic rings. The van der Waals surface area contributed by atoms with E-state index >= 15 is 0 Å². The maximum absolute atomic E-state index is 4.14. The molecule has 0 spiro atoms. The first-order chi connectivity index (χ1) is 4.25. The third kappa shape index (κ3) is 1.26. The summed E-state index contributed by atoms with van der Waals surface area (Å²) in [7, 11) is 0. The molecule has 1 heterocycles. The van der Waals surface area contributed by atoms with E-state index in [9.17, 15) is 0 Å². The van der Waals surface area contributed by atoms with Crippen LogP contribution in [0.4, 0.5) is 0 Å². The molecule has 0 N–H and O–H groups in total. The number of rotatable bonds is 1. The van der Waals surface area contributed by atoms with Crippen molar-refractivity contribution in [3.05, 3.63) is 15.7 Å². The van der Waals surface area contributed by atoms with E-state index in [1.165, 1.54) is 5.69 Å². The molecule has 0 atom stereocenters. The summed E-state index contributed by atoms with van der Waals surface area (Å²) in [5.41, 5.74) is 1.26. The summed E-state index contributed by atoms with van der Waals surface area (Å²) in [5, 5.41) is 0. The Hall–Kier alpha value is -0.0600. The van der Waals surface area contributed by atoms with Crippen molar-refractivity contribution in [2.45, 2.75) is 20.4 Å². The second-order valence-electron chi connectivity index (χ2n) is 1.91. The number of imidazole rings is 1. The summed E-state index contributed by atoms with van der Waals surface area (Å²) in [6, 6.07) is 0. The highest BCUT2D eigenvalue weighted by Crippen LogP contribution is 2.07. The van der Waals surface area contributed by atoms with Crippen molar-refractivity contribution >= 4 is 22.6 Å². The molecule has 1 aromatic heterocycles. The fourth-order valence-corrected chi connectivity index (χ4v) is 1.17. The van der Waals surface area contributed by atoms with Gasteiger partial charge in [0.1, 0.15) is 3.70 Å². The Balaban J connectivity index is 3.04. The number of hydrogen-bond acceptors (Lipinski definition) is 1. The van der Waals surface area contributed by atoms with Crippen molar-refractivity contribution in [1.29, 1.82) is 0 Å². The van der Waals surface area contributed by atoms with Gasteiger partial charge in [-0.15, -0.1) is 0 Å². The van der Waals surface area contributed by atoms with Crippen LogP contribution < -0.4 is 0 Å². The van der Waals surface area contributed by atoms with Crippen molar-refractivity contribution in [2.24, 2.45) is 0 Å². The van der Waals surface area contributed by atoms with E-state index in [0.717, 1.165) is 10.2 Å². The molecule has 0 saturated carbocycles. The van der Waals surface area contributed by atoms with Crippen LogP contribution in [0.3, 0.4) is 0 Å². The zero-order valence-corrected chi connectivity index (χ0v) is 7.71. The standard InChI is InChI=1S/C6H9IN2/c1-3-9-4-8-6(7)5(9)2/h4H,3H2,1-2H3. The summed E-state index contributed by atoms with van der Waals surface area (Å²) in [6.07, 6.45) is 1.87. The van der Waals surface area contributed by atoms with Crippen molar-refractivity contribution in [3.63, 3.8) is 0 Å². The van der Waals surface area contributed by atoms with Crippen LogP contribution in [0.1, 0.15) is 12.6 Å². The number of halogens is 1. The molecule has 1 rings (SSSR count). The van der Waals surface area contributed by atoms with Gasteiger partial charge in [0.15, 0.2) is 0 Å². The van der Waals surface area contributed by atoms with Gasteiger partial charge in [-0.25, -0.2) is 4.98 Å². The lowest BCUT2D eigenvalue weighted by molar-refractivity contribution is 0.736. The Morgan fingerprint density at radius 2 is 2.44 bits per heavy atom. The quantitative estimate of drug-likeness (QED) is 0.680. The van der Waals surface area contributed by atoms with Gasteiger partial charge in [0.25, 0.3) is 0 Å². The molecule has 0 aliphatic rings. The van der Waals surface area contributed by atoms with Gasteiger partial charge in [0.05, 0.1) is 6.33 Å². The van der Waals surface area contributed by atoms with E-state index < -0.39 is 0 Å². The highest BCUT2D eigenvalue weighted by molar-refractivity contribution is 14.1. The summed E-state index contributed by atoms with van der Waals surface area (Å²) in [6.45, 7) is 5.21. The van der Waals surface area contributed by atoms with Gasteiger partial charge in [-0.05, 0) is 36.4 Å². The zero-order valence-electron chi connectivity index (χ0n) is 5.56. The molecule has 9 heavy (non-hydrogen) atoms. The lowest BCUT2D eigenvalue weighted by atomic mass is 10.5. The second kappa shape index (κ2) is 2.68. The SMILES string of the molecule is CCn1cnc(I)c1C. The fraction of sp³-hybridized carbons (Fsp3) is 0.500. The highest BCUT2D eigenvalue weighted by atomic mass is 127. The third-order valence-electron chi connectivity index (χ3n) is 1.38. The van der Waals surface area contributed by atoms with E-state index in [1.54, 1.807) is 0 Å². The molecule has 0 bridgehead atoms. The van der Waals surface area contributed by atoms with Gasteiger partial charge in [0, 0.05) is 12.2 Å². The monoisotopic (exact) mass is 236 g/mol. The summed E-state index contributed by atoms with van der Waals surface area (Å²) >= 11 is 2.24. The minimum atomic E-state index is 1.02. The van der Waals surface area contributed by atoms with Crippen LogP contribution in [-0.4, -0.2) is 9.55 Å². The van der Waals surface area contributed by atoms with Gasteiger partial charge < -0.3 is 4.57 Å². The first-order valence-corrected chi connectivity index (χ1v) is 4.00. The Kier molecular flexibility index (Phi) is 2.10. The zero-order chi connectivity index (χ0) is 6.85. The summed E-state index contributed by atoms with van der Waals surface area (Å²) < 4.78 is 3.23. The predicted octanol–water partition coefficient (Wildman–Crippen LogP) is 1.82. The molecule has 0 unspecified atom stereocenters. The maximum atomic E-state index is 4.14. The third-order valence-corrected chi connectivity index (χ3v) is 2.44. The number of aryl methyl sites for hydroxylation is 1. The smallest absolute Gasteiger partial charge is 0.122 e. The van der Waals surface area contributed by atoms with Crippen LogP contribution in [0.15, 0.2) is 6.33 Å². The first-order valence-electron chi connectivity index (χ1n) is 2.93. The first kappa shape index (κ1) is 7.05. The molecule has 0 radical (unpaired) electrons. The van der Waals surface area contributed by atoms with Crippen molar-refractivity contribution < 1.29 is 0 Å². The molecule has 50 valence electrons. The van der Waals surface area contributed by atoms with Crippen molar-refractivity contribution in [2.75, 3.05) is 0 Å². The Morgan fingerprint density at radius 3 is 2.67 bits per heavy atom. The van der Waals surface area contributed by atoms with Crippen molar-refractivity contribution in [3.8, 4) is 0 Å². The molecule has 0 aliphatic heterocycles. The van der Waals surface area contributed by atoms with Gasteiger partial charge in [-0.2, -0.15) is 0 Å². The molecule has 0 aliphatic carbocycles.